The molecular weight excluding hydrogens is 248 g/mol. The summed E-state index contributed by atoms with van der Waals surface area (Å²) in [6.07, 6.45) is 7.60. The molecule has 4 nitrogen and oxygen atoms in total. The first kappa shape index (κ1) is 15.2. The number of hydrogen-bond acceptors (Lipinski definition) is 4. The highest BCUT2D eigenvalue weighted by atomic mass is 15.2. The fourth-order valence-electron chi connectivity index (χ4n) is 2.78. The topological polar surface area (TPSA) is 41.1 Å². The normalized spacial score (nSPS) is 16.9. The van der Waals surface area contributed by atoms with Gasteiger partial charge in [-0.2, -0.15) is 0 Å². The smallest absolute Gasteiger partial charge is 0.225 e. The van der Waals surface area contributed by atoms with Crippen LogP contribution in [0.1, 0.15) is 45.6 Å². The summed E-state index contributed by atoms with van der Waals surface area (Å²) >= 11 is 0. The molecule has 1 aliphatic heterocycles. The molecule has 0 bridgehead atoms. The van der Waals surface area contributed by atoms with Gasteiger partial charge in [0, 0.05) is 37.6 Å². The van der Waals surface area contributed by atoms with E-state index in [0.29, 0.717) is 0 Å². The molecule has 0 spiro atoms. The van der Waals surface area contributed by atoms with Crippen molar-refractivity contribution in [2.24, 2.45) is 11.8 Å². The highest BCUT2D eigenvalue weighted by Crippen LogP contribution is 2.26. The van der Waals surface area contributed by atoms with Gasteiger partial charge in [0.05, 0.1) is 0 Å². The molecule has 1 aliphatic rings. The van der Waals surface area contributed by atoms with E-state index >= 15 is 0 Å². The molecule has 0 unspecified atom stereocenters. The second kappa shape index (κ2) is 7.58. The average Bonchev–Trinajstić information content (AvgIpc) is 2.48. The van der Waals surface area contributed by atoms with E-state index in [9.17, 15) is 0 Å². The zero-order valence-corrected chi connectivity index (χ0v) is 13.1. The summed E-state index contributed by atoms with van der Waals surface area (Å²) in [5.74, 6) is 2.56. The van der Waals surface area contributed by atoms with Crippen LogP contribution in [0.5, 0.6) is 0 Å². The lowest BCUT2D eigenvalue weighted by atomic mass is 9.87. The molecule has 2 rings (SSSR count). The Hall–Kier alpha value is -1.16. The lowest BCUT2D eigenvalue weighted by molar-refractivity contribution is 0.310. The fraction of sp³-hybridized carbons (Fsp3) is 0.750. The zero-order chi connectivity index (χ0) is 14.4. The largest absolute Gasteiger partial charge is 0.341 e. The summed E-state index contributed by atoms with van der Waals surface area (Å²) in [6.45, 7) is 10.9. The molecule has 0 aliphatic carbocycles. The van der Waals surface area contributed by atoms with Crippen molar-refractivity contribution < 1.29 is 0 Å². The van der Waals surface area contributed by atoms with E-state index in [4.69, 9.17) is 0 Å². The van der Waals surface area contributed by atoms with E-state index in [1.165, 1.54) is 18.4 Å². The van der Waals surface area contributed by atoms with Crippen LogP contribution in [-0.4, -0.2) is 29.6 Å². The van der Waals surface area contributed by atoms with E-state index < -0.39 is 0 Å². The summed E-state index contributed by atoms with van der Waals surface area (Å²) < 4.78 is 0. The van der Waals surface area contributed by atoms with Crippen molar-refractivity contribution in [3.8, 4) is 0 Å². The molecule has 1 aromatic heterocycles. The van der Waals surface area contributed by atoms with E-state index in [1.807, 2.05) is 12.4 Å². The fourth-order valence-corrected chi connectivity index (χ4v) is 2.78. The lowest BCUT2D eigenvalue weighted by Gasteiger charge is -2.33. The van der Waals surface area contributed by atoms with Gasteiger partial charge in [-0.05, 0) is 37.6 Å². The quantitative estimate of drug-likeness (QED) is 0.811. The maximum absolute atomic E-state index is 4.53. The van der Waals surface area contributed by atoms with Crippen LogP contribution < -0.4 is 10.2 Å². The van der Waals surface area contributed by atoms with Crippen LogP contribution in [0.4, 0.5) is 5.95 Å². The van der Waals surface area contributed by atoms with Gasteiger partial charge in [-0.3, -0.25) is 0 Å². The van der Waals surface area contributed by atoms with Gasteiger partial charge in [0.25, 0.3) is 0 Å². The number of hydrogen-bond donors (Lipinski definition) is 1. The number of aromatic nitrogens is 2. The Balaban J connectivity index is 1.84. The van der Waals surface area contributed by atoms with Crippen molar-refractivity contribution in [3.05, 3.63) is 18.0 Å². The van der Waals surface area contributed by atoms with Gasteiger partial charge < -0.3 is 10.2 Å². The molecule has 0 aromatic carbocycles. The van der Waals surface area contributed by atoms with Gasteiger partial charge in [-0.1, -0.05) is 20.8 Å². The summed E-state index contributed by atoms with van der Waals surface area (Å²) in [6, 6.07) is 0. The monoisotopic (exact) mass is 276 g/mol. The maximum Gasteiger partial charge on any atom is 0.225 e. The van der Waals surface area contributed by atoms with Crippen LogP contribution in [0.25, 0.3) is 0 Å². The van der Waals surface area contributed by atoms with Crippen molar-refractivity contribution in [1.82, 2.24) is 15.3 Å². The minimum atomic E-state index is 0.796. The standard InChI is InChI=1S/C16H28N4/c1-4-7-17-10-14-11-18-16(19-12-14)20-8-5-15(6-9-20)13(2)3/h11-13,15,17H,4-10H2,1-3H3. The number of nitrogens with one attached hydrogen (secondary N) is 1. The Bertz CT molecular complexity index is 380. The summed E-state index contributed by atoms with van der Waals surface area (Å²) in [7, 11) is 0. The number of nitrogens with zero attached hydrogens (tertiary/aromatic N) is 3. The molecule has 0 atom stereocenters. The van der Waals surface area contributed by atoms with Crippen LogP contribution in [0.15, 0.2) is 12.4 Å². The maximum atomic E-state index is 4.53. The Labute approximate surface area is 123 Å². The molecule has 1 N–H and O–H groups in total. The van der Waals surface area contributed by atoms with Crippen molar-refractivity contribution >= 4 is 5.95 Å². The third-order valence-electron chi connectivity index (χ3n) is 4.21. The van der Waals surface area contributed by atoms with Crippen LogP contribution in [0.3, 0.4) is 0 Å². The van der Waals surface area contributed by atoms with Crippen molar-refractivity contribution in [2.75, 3.05) is 24.5 Å². The number of rotatable bonds is 6. The highest BCUT2D eigenvalue weighted by molar-refractivity contribution is 5.30. The molecule has 1 saturated heterocycles. The molecule has 2 heterocycles. The molecule has 0 saturated carbocycles. The molecule has 1 aromatic rings. The Kier molecular flexibility index (Phi) is 5.77. The molecule has 1 fully saturated rings. The van der Waals surface area contributed by atoms with Crippen LogP contribution in [0, 0.1) is 11.8 Å². The van der Waals surface area contributed by atoms with E-state index in [0.717, 1.165) is 50.4 Å². The predicted octanol–water partition coefficient (Wildman–Crippen LogP) is 2.85. The predicted molar refractivity (Wildman–Crippen MR) is 83.8 cm³/mol. The Morgan fingerprint density at radius 3 is 2.45 bits per heavy atom. The number of piperidine rings is 1. The third kappa shape index (κ3) is 4.17. The minimum absolute atomic E-state index is 0.796. The van der Waals surface area contributed by atoms with Crippen molar-refractivity contribution in [1.29, 1.82) is 0 Å². The average molecular weight is 276 g/mol. The highest BCUT2D eigenvalue weighted by Gasteiger charge is 2.22. The number of anilines is 1. The molecule has 112 valence electrons. The van der Waals surface area contributed by atoms with Crippen LogP contribution in [-0.2, 0) is 6.54 Å². The van der Waals surface area contributed by atoms with Gasteiger partial charge in [0.1, 0.15) is 0 Å². The third-order valence-corrected chi connectivity index (χ3v) is 4.21. The first-order valence-electron chi connectivity index (χ1n) is 7.97. The SMILES string of the molecule is CCCNCc1cnc(N2CCC(C(C)C)CC2)nc1. The van der Waals surface area contributed by atoms with Crippen LogP contribution in [0.2, 0.25) is 0 Å². The van der Waals surface area contributed by atoms with Crippen molar-refractivity contribution in [3.63, 3.8) is 0 Å². The van der Waals surface area contributed by atoms with Crippen LogP contribution >= 0.6 is 0 Å². The van der Waals surface area contributed by atoms with Gasteiger partial charge >= 0.3 is 0 Å². The Morgan fingerprint density at radius 2 is 1.90 bits per heavy atom. The van der Waals surface area contributed by atoms with E-state index in [1.54, 1.807) is 0 Å². The summed E-state index contributed by atoms with van der Waals surface area (Å²) in [5, 5.41) is 3.38. The van der Waals surface area contributed by atoms with Gasteiger partial charge in [0.15, 0.2) is 0 Å². The van der Waals surface area contributed by atoms with E-state index in [-0.39, 0.29) is 0 Å². The first-order valence-corrected chi connectivity index (χ1v) is 7.97. The van der Waals surface area contributed by atoms with Gasteiger partial charge in [-0.15, -0.1) is 0 Å². The summed E-state index contributed by atoms with van der Waals surface area (Å²) in [5.41, 5.74) is 1.17. The van der Waals surface area contributed by atoms with Crippen molar-refractivity contribution in [2.45, 2.75) is 46.6 Å². The van der Waals surface area contributed by atoms with Gasteiger partial charge in [0.2, 0.25) is 5.95 Å². The molecule has 0 amide bonds. The zero-order valence-electron chi connectivity index (χ0n) is 13.1. The second-order valence-corrected chi connectivity index (χ2v) is 6.14. The second-order valence-electron chi connectivity index (χ2n) is 6.14. The summed E-state index contributed by atoms with van der Waals surface area (Å²) in [4.78, 5) is 11.4. The minimum Gasteiger partial charge on any atom is -0.341 e. The molecular formula is C16H28N4. The lowest BCUT2D eigenvalue weighted by Crippen LogP contribution is -2.36. The van der Waals surface area contributed by atoms with Gasteiger partial charge in [-0.25, -0.2) is 9.97 Å². The molecule has 20 heavy (non-hydrogen) atoms. The first-order chi connectivity index (χ1) is 9.70. The molecule has 4 heteroatoms. The Morgan fingerprint density at radius 1 is 1.25 bits per heavy atom. The molecule has 0 radical (unpaired) electrons. The van der Waals surface area contributed by atoms with E-state index in [2.05, 4.69) is 41.0 Å².